The largest absolute Gasteiger partial charge is 0.387 e. The van der Waals surface area contributed by atoms with Crippen molar-refractivity contribution < 1.29 is 4.84 Å². The average molecular weight is 421 g/mol. The van der Waals surface area contributed by atoms with Crippen LogP contribution in [0, 0.1) is 0 Å². The number of nitrogens with zero attached hydrogens (tertiary/aromatic N) is 6. The van der Waals surface area contributed by atoms with Crippen LogP contribution < -0.4 is 0 Å². The third-order valence-electron chi connectivity index (χ3n) is 5.57. The molecular formula is C22H24N6OS. The fourth-order valence-electron chi connectivity index (χ4n) is 3.88. The summed E-state index contributed by atoms with van der Waals surface area (Å²) in [5.41, 5.74) is 4.09. The molecule has 0 spiro atoms. The van der Waals surface area contributed by atoms with E-state index in [0.29, 0.717) is 11.9 Å². The molecule has 5 rings (SSSR count). The first-order chi connectivity index (χ1) is 14.6. The molecule has 1 aliphatic heterocycles. The van der Waals surface area contributed by atoms with E-state index in [2.05, 4.69) is 34.0 Å². The molecule has 0 unspecified atom stereocenters. The van der Waals surface area contributed by atoms with Gasteiger partial charge in [0, 0.05) is 24.0 Å². The van der Waals surface area contributed by atoms with E-state index in [9.17, 15) is 0 Å². The molecule has 0 saturated carbocycles. The minimum absolute atomic E-state index is 0.223. The lowest BCUT2D eigenvalue weighted by molar-refractivity contribution is 0.125. The first-order valence-electron chi connectivity index (χ1n) is 10.2. The Balaban J connectivity index is 1.41. The van der Waals surface area contributed by atoms with Gasteiger partial charge in [-0.1, -0.05) is 35.5 Å². The van der Waals surface area contributed by atoms with E-state index in [1.807, 2.05) is 37.3 Å². The molecule has 0 atom stereocenters. The monoisotopic (exact) mass is 420 g/mol. The number of rotatable bonds is 5. The van der Waals surface area contributed by atoms with E-state index in [-0.39, 0.29) is 6.61 Å². The summed E-state index contributed by atoms with van der Waals surface area (Å²) in [5.74, 6) is 0.605. The van der Waals surface area contributed by atoms with Crippen LogP contribution in [-0.4, -0.2) is 42.8 Å². The molecule has 1 aliphatic rings. The quantitative estimate of drug-likeness (QED) is 0.360. The van der Waals surface area contributed by atoms with Gasteiger partial charge in [0.15, 0.2) is 18.1 Å². The van der Waals surface area contributed by atoms with Crippen LogP contribution in [0.4, 0.5) is 0 Å². The van der Waals surface area contributed by atoms with Gasteiger partial charge in [0.1, 0.15) is 11.2 Å². The van der Waals surface area contributed by atoms with Crippen LogP contribution in [0.5, 0.6) is 0 Å². The average Bonchev–Trinajstić information content (AvgIpc) is 3.34. The number of thiophene rings is 1. The fourth-order valence-corrected chi connectivity index (χ4v) is 5.08. The maximum absolute atomic E-state index is 5.54. The number of fused-ring (bicyclic) bond motifs is 5. The highest BCUT2D eigenvalue weighted by molar-refractivity contribution is 7.19. The van der Waals surface area contributed by atoms with Crippen LogP contribution in [0.1, 0.15) is 42.6 Å². The zero-order valence-electron chi connectivity index (χ0n) is 17.4. The minimum Gasteiger partial charge on any atom is -0.387 e. The molecule has 8 heteroatoms. The van der Waals surface area contributed by atoms with Gasteiger partial charge in [-0.05, 0) is 38.3 Å². The summed E-state index contributed by atoms with van der Waals surface area (Å²) in [5, 5.41) is 9.90. The second kappa shape index (κ2) is 7.77. The normalized spacial score (nSPS) is 15.3. The van der Waals surface area contributed by atoms with Crippen molar-refractivity contribution in [3.63, 3.8) is 0 Å². The van der Waals surface area contributed by atoms with Crippen LogP contribution in [-0.2, 0) is 24.4 Å². The van der Waals surface area contributed by atoms with Crippen molar-refractivity contribution in [1.82, 2.24) is 24.5 Å². The predicted octanol–water partition coefficient (Wildman–Crippen LogP) is 4.05. The van der Waals surface area contributed by atoms with E-state index in [1.54, 1.807) is 22.2 Å². The standard InChI is InChI=1S/C22H24N6OS/c1-14(2)27-10-9-17-18(11-27)30-22-20(17)21-24-19(25-28(21)13-23-22)12-29-26-15(3)16-7-5-4-6-8-16/h4-8,13-14H,9-12H2,1-3H3. The highest BCUT2D eigenvalue weighted by Crippen LogP contribution is 2.36. The smallest absolute Gasteiger partial charge is 0.192 e. The van der Waals surface area contributed by atoms with Gasteiger partial charge < -0.3 is 4.84 Å². The molecule has 7 nitrogen and oxygen atoms in total. The van der Waals surface area contributed by atoms with Crippen LogP contribution in [0.15, 0.2) is 41.8 Å². The third kappa shape index (κ3) is 3.46. The first kappa shape index (κ1) is 19.1. The highest BCUT2D eigenvalue weighted by Gasteiger charge is 2.25. The van der Waals surface area contributed by atoms with Gasteiger partial charge in [-0.25, -0.2) is 14.5 Å². The number of oxime groups is 1. The third-order valence-corrected chi connectivity index (χ3v) is 6.69. The molecule has 0 N–H and O–H groups in total. The molecule has 0 fully saturated rings. The second-order valence-corrected chi connectivity index (χ2v) is 8.94. The summed E-state index contributed by atoms with van der Waals surface area (Å²) in [6, 6.07) is 10.5. The van der Waals surface area contributed by atoms with E-state index in [4.69, 9.17) is 9.82 Å². The zero-order valence-corrected chi connectivity index (χ0v) is 18.2. The Hall–Kier alpha value is -2.84. The lowest BCUT2D eigenvalue weighted by atomic mass is 10.0. The molecule has 30 heavy (non-hydrogen) atoms. The number of hydrogen-bond donors (Lipinski definition) is 0. The van der Waals surface area contributed by atoms with E-state index < -0.39 is 0 Å². The summed E-state index contributed by atoms with van der Waals surface area (Å²) in [6.07, 6.45) is 2.77. The molecular weight excluding hydrogens is 396 g/mol. The zero-order chi connectivity index (χ0) is 20.7. The Morgan fingerprint density at radius 2 is 2.10 bits per heavy atom. The Morgan fingerprint density at radius 3 is 2.90 bits per heavy atom. The van der Waals surface area contributed by atoms with Crippen LogP contribution in [0.25, 0.3) is 15.9 Å². The highest BCUT2D eigenvalue weighted by atomic mass is 32.1. The summed E-state index contributed by atoms with van der Waals surface area (Å²) in [4.78, 5) is 19.9. The van der Waals surface area contributed by atoms with Gasteiger partial charge in [-0.15, -0.1) is 16.4 Å². The van der Waals surface area contributed by atoms with Crippen molar-refractivity contribution in [1.29, 1.82) is 0 Å². The van der Waals surface area contributed by atoms with Gasteiger partial charge in [0.05, 0.1) is 11.1 Å². The maximum atomic E-state index is 5.54. The molecule has 0 amide bonds. The van der Waals surface area contributed by atoms with E-state index >= 15 is 0 Å². The molecule has 0 aliphatic carbocycles. The van der Waals surface area contributed by atoms with Gasteiger partial charge in [0.2, 0.25) is 0 Å². The molecule has 4 aromatic rings. The summed E-state index contributed by atoms with van der Waals surface area (Å²) >= 11 is 1.78. The number of hydrogen-bond acceptors (Lipinski definition) is 7. The number of aromatic nitrogens is 4. The lowest BCUT2D eigenvalue weighted by Crippen LogP contribution is -2.35. The lowest BCUT2D eigenvalue weighted by Gasteiger charge is -2.30. The number of benzene rings is 1. The Kier molecular flexibility index (Phi) is 4.96. The molecule has 4 heterocycles. The molecule has 3 aromatic heterocycles. The minimum atomic E-state index is 0.223. The molecule has 0 saturated heterocycles. The van der Waals surface area contributed by atoms with Crippen molar-refractivity contribution >= 4 is 32.9 Å². The SMILES string of the molecule is CC(=NOCc1nc2c3c4c(sc3ncn2n1)CN(C(C)C)CC4)c1ccccc1. The van der Waals surface area contributed by atoms with E-state index in [1.165, 1.54) is 10.4 Å². The van der Waals surface area contributed by atoms with Gasteiger partial charge in [0.25, 0.3) is 0 Å². The molecule has 1 aromatic carbocycles. The molecule has 154 valence electrons. The van der Waals surface area contributed by atoms with Crippen molar-refractivity contribution in [3.05, 3.63) is 58.5 Å². The fraction of sp³-hybridized carbons (Fsp3) is 0.364. The van der Waals surface area contributed by atoms with Crippen molar-refractivity contribution in [2.45, 2.75) is 46.4 Å². The topological polar surface area (TPSA) is 67.9 Å². The van der Waals surface area contributed by atoms with Crippen molar-refractivity contribution in [2.75, 3.05) is 6.54 Å². The van der Waals surface area contributed by atoms with Crippen LogP contribution >= 0.6 is 11.3 Å². The second-order valence-electron chi connectivity index (χ2n) is 7.86. The Bertz CT molecular complexity index is 1230. The van der Waals surface area contributed by atoms with Crippen LogP contribution in [0.3, 0.4) is 0 Å². The Labute approximate surface area is 179 Å². The van der Waals surface area contributed by atoms with E-state index in [0.717, 1.165) is 46.6 Å². The first-order valence-corrected chi connectivity index (χ1v) is 11.0. The summed E-state index contributed by atoms with van der Waals surface area (Å²) in [6.45, 7) is 8.70. The molecule has 0 radical (unpaired) electrons. The predicted molar refractivity (Wildman–Crippen MR) is 119 cm³/mol. The van der Waals surface area contributed by atoms with Gasteiger partial charge in [-0.2, -0.15) is 0 Å². The summed E-state index contributed by atoms with van der Waals surface area (Å²) in [7, 11) is 0. The van der Waals surface area contributed by atoms with Gasteiger partial charge >= 0.3 is 0 Å². The van der Waals surface area contributed by atoms with Gasteiger partial charge in [-0.3, -0.25) is 4.90 Å². The molecule has 0 bridgehead atoms. The van der Waals surface area contributed by atoms with Crippen LogP contribution in [0.2, 0.25) is 0 Å². The van der Waals surface area contributed by atoms with Crippen molar-refractivity contribution in [2.24, 2.45) is 5.16 Å². The Morgan fingerprint density at radius 1 is 1.27 bits per heavy atom. The summed E-state index contributed by atoms with van der Waals surface area (Å²) < 4.78 is 1.76. The van der Waals surface area contributed by atoms with Crippen molar-refractivity contribution in [3.8, 4) is 0 Å². The maximum Gasteiger partial charge on any atom is 0.192 e.